The van der Waals surface area contributed by atoms with Crippen LogP contribution in [-0.2, 0) is 0 Å². The van der Waals surface area contributed by atoms with Crippen LogP contribution in [0.2, 0.25) is 0 Å². The lowest BCUT2D eigenvalue weighted by Crippen LogP contribution is -1.79. The normalized spacial score (nSPS) is 12.0. The van der Waals surface area contributed by atoms with Gasteiger partial charge in [0.15, 0.2) is 0 Å². The quantitative estimate of drug-likeness (QED) is 0.405. The van der Waals surface area contributed by atoms with E-state index in [-0.39, 0.29) is 4.83 Å². The molecule has 1 unspecified atom stereocenters. The third kappa shape index (κ3) is 1.98. The lowest BCUT2D eigenvalue weighted by molar-refractivity contribution is 1.39. The topological polar surface area (TPSA) is 23.8 Å². The Kier molecular flexibility index (Phi) is 2.78. The van der Waals surface area contributed by atoms with E-state index in [0.717, 1.165) is 0 Å². The van der Waals surface area contributed by atoms with Crippen molar-refractivity contribution in [3.8, 4) is 6.07 Å². The van der Waals surface area contributed by atoms with Crippen LogP contribution in [-0.4, -0.2) is 4.83 Å². The average molecular weight is 146 g/mol. The molecule has 0 aliphatic rings. The highest BCUT2D eigenvalue weighted by Crippen LogP contribution is 1.94. The third-order valence-electron chi connectivity index (χ3n) is 0.330. The standard InChI is InChI=1S/C4H4BrN/c1-2-4(5)3-6/h2,4H,1H2. The molecule has 0 saturated carbocycles. The molecule has 1 atom stereocenters. The molecule has 0 rings (SSSR count). The number of rotatable bonds is 1. The SMILES string of the molecule is C=CC(Br)C#N. The molecule has 0 radical (unpaired) electrons. The van der Waals surface area contributed by atoms with Crippen molar-refractivity contribution in [3.05, 3.63) is 12.7 Å². The van der Waals surface area contributed by atoms with Crippen molar-refractivity contribution in [2.24, 2.45) is 0 Å². The average Bonchev–Trinajstić information content (AvgIpc) is 1.65. The molecule has 0 amide bonds. The molecule has 0 aromatic rings. The fourth-order valence-corrected chi connectivity index (χ4v) is 0.0527. The van der Waals surface area contributed by atoms with Gasteiger partial charge in [0.25, 0.3) is 0 Å². The van der Waals surface area contributed by atoms with E-state index in [1.165, 1.54) is 6.08 Å². The van der Waals surface area contributed by atoms with E-state index >= 15 is 0 Å². The van der Waals surface area contributed by atoms with Crippen molar-refractivity contribution in [3.63, 3.8) is 0 Å². The van der Waals surface area contributed by atoms with Gasteiger partial charge in [0.2, 0.25) is 0 Å². The van der Waals surface area contributed by atoms with Gasteiger partial charge < -0.3 is 0 Å². The van der Waals surface area contributed by atoms with Crippen LogP contribution in [0.5, 0.6) is 0 Å². The zero-order valence-electron chi connectivity index (χ0n) is 3.19. The molecule has 1 nitrogen and oxygen atoms in total. The Morgan fingerprint density at radius 1 is 2.00 bits per heavy atom. The molecular weight excluding hydrogens is 142 g/mol. The minimum absolute atomic E-state index is 0.183. The minimum Gasteiger partial charge on any atom is -0.197 e. The Morgan fingerprint density at radius 3 is 2.50 bits per heavy atom. The summed E-state index contributed by atoms with van der Waals surface area (Å²) in [7, 11) is 0. The van der Waals surface area contributed by atoms with E-state index in [1.54, 1.807) is 0 Å². The van der Waals surface area contributed by atoms with Gasteiger partial charge in [-0.05, 0) is 0 Å². The van der Waals surface area contributed by atoms with Crippen LogP contribution in [0.25, 0.3) is 0 Å². The Hall–Kier alpha value is -0.290. The van der Waals surface area contributed by atoms with Gasteiger partial charge in [-0.15, -0.1) is 6.58 Å². The third-order valence-corrected chi connectivity index (χ3v) is 0.909. The lowest BCUT2D eigenvalue weighted by atomic mass is 10.5. The monoisotopic (exact) mass is 145 g/mol. The van der Waals surface area contributed by atoms with E-state index in [1.807, 2.05) is 6.07 Å². The predicted molar refractivity (Wildman–Crippen MR) is 28.5 cm³/mol. The van der Waals surface area contributed by atoms with Gasteiger partial charge >= 0.3 is 0 Å². The minimum atomic E-state index is -0.183. The fourth-order valence-electron chi connectivity index (χ4n) is 0.0527. The van der Waals surface area contributed by atoms with Crippen molar-refractivity contribution in [2.45, 2.75) is 4.83 Å². The number of nitrogens with zero attached hydrogens (tertiary/aromatic N) is 1. The molecule has 0 N–H and O–H groups in total. The zero-order chi connectivity index (χ0) is 4.99. The zero-order valence-corrected chi connectivity index (χ0v) is 4.77. The van der Waals surface area contributed by atoms with Crippen LogP contribution in [0, 0.1) is 11.3 Å². The Morgan fingerprint density at radius 2 is 2.50 bits per heavy atom. The second-order valence-electron chi connectivity index (χ2n) is 0.767. The first-order chi connectivity index (χ1) is 2.81. The summed E-state index contributed by atoms with van der Waals surface area (Å²) in [5.74, 6) is 0. The van der Waals surface area contributed by atoms with Gasteiger partial charge in [0.1, 0.15) is 4.83 Å². The first kappa shape index (κ1) is 5.71. The number of halogens is 1. The van der Waals surface area contributed by atoms with E-state index in [2.05, 4.69) is 22.5 Å². The van der Waals surface area contributed by atoms with Crippen molar-refractivity contribution in [1.82, 2.24) is 0 Å². The van der Waals surface area contributed by atoms with Gasteiger partial charge in [-0.25, -0.2) is 0 Å². The largest absolute Gasteiger partial charge is 0.197 e. The second-order valence-corrected chi connectivity index (χ2v) is 1.75. The molecule has 2 heteroatoms. The summed E-state index contributed by atoms with van der Waals surface area (Å²) in [6.45, 7) is 3.36. The highest BCUT2D eigenvalue weighted by atomic mass is 79.9. The van der Waals surface area contributed by atoms with E-state index in [9.17, 15) is 0 Å². The molecule has 6 heavy (non-hydrogen) atoms. The van der Waals surface area contributed by atoms with E-state index < -0.39 is 0 Å². The molecule has 0 aliphatic carbocycles. The number of allylic oxidation sites excluding steroid dienone is 1. The summed E-state index contributed by atoms with van der Waals surface area (Å²) in [4.78, 5) is -0.183. The van der Waals surface area contributed by atoms with E-state index in [4.69, 9.17) is 5.26 Å². The Balaban J connectivity index is 3.30. The predicted octanol–water partition coefficient (Wildman–Crippen LogP) is 1.46. The summed E-state index contributed by atoms with van der Waals surface area (Å²) in [6.07, 6.45) is 1.53. The number of alkyl halides is 1. The van der Waals surface area contributed by atoms with Crippen LogP contribution in [0.3, 0.4) is 0 Å². The van der Waals surface area contributed by atoms with Crippen LogP contribution in [0.1, 0.15) is 0 Å². The lowest BCUT2D eigenvalue weighted by Gasteiger charge is -1.78. The van der Waals surface area contributed by atoms with Crippen molar-refractivity contribution >= 4 is 15.9 Å². The molecule has 0 aliphatic heterocycles. The number of nitriles is 1. The van der Waals surface area contributed by atoms with Gasteiger partial charge in [-0.1, -0.05) is 22.0 Å². The van der Waals surface area contributed by atoms with E-state index in [0.29, 0.717) is 0 Å². The first-order valence-corrected chi connectivity index (χ1v) is 2.39. The maximum Gasteiger partial charge on any atom is 0.119 e. The summed E-state index contributed by atoms with van der Waals surface area (Å²) in [6, 6.07) is 1.91. The molecule has 0 bridgehead atoms. The van der Waals surface area contributed by atoms with Crippen molar-refractivity contribution in [1.29, 1.82) is 5.26 Å². The highest BCUT2D eigenvalue weighted by molar-refractivity contribution is 9.09. The van der Waals surface area contributed by atoms with Crippen LogP contribution >= 0.6 is 15.9 Å². The molecule has 0 spiro atoms. The highest BCUT2D eigenvalue weighted by Gasteiger charge is 1.86. The number of hydrogen-bond donors (Lipinski definition) is 0. The molecule has 0 heterocycles. The summed E-state index contributed by atoms with van der Waals surface area (Å²) in [5.41, 5.74) is 0. The van der Waals surface area contributed by atoms with Crippen molar-refractivity contribution < 1.29 is 0 Å². The maximum absolute atomic E-state index is 7.97. The van der Waals surface area contributed by atoms with Crippen LogP contribution in [0.4, 0.5) is 0 Å². The molecular formula is C4H4BrN. The van der Waals surface area contributed by atoms with Gasteiger partial charge in [-0.3, -0.25) is 0 Å². The fraction of sp³-hybridized carbons (Fsp3) is 0.250. The summed E-state index contributed by atoms with van der Waals surface area (Å²) < 4.78 is 0. The molecule has 0 aromatic carbocycles. The number of hydrogen-bond acceptors (Lipinski definition) is 1. The van der Waals surface area contributed by atoms with Gasteiger partial charge in [0.05, 0.1) is 6.07 Å². The first-order valence-electron chi connectivity index (χ1n) is 1.47. The van der Waals surface area contributed by atoms with Crippen LogP contribution < -0.4 is 0 Å². The second kappa shape index (κ2) is 2.92. The molecule has 0 fully saturated rings. The summed E-state index contributed by atoms with van der Waals surface area (Å²) >= 11 is 3.00. The Bertz CT molecular complexity index is 82.0. The summed E-state index contributed by atoms with van der Waals surface area (Å²) in [5, 5.41) is 7.97. The smallest absolute Gasteiger partial charge is 0.119 e. The van der Waals surface area contributed by atoms with Crippen molar-refractivity contribution in [2.75, 3.05) is 0 Å². The molecule has 0 saturated heterocycles. The van der Waals surface area contributed by atoms with Crippen LogP contribution in [0.15, 0.2) is 12.7 Å². The maximum atomic E-state index is 7.97. The van der Waals surface area contributed by atoms with Gasteiger partial charge in [0, 0.05) is 0 Å². The Labute approximate surface area is 45.4 Å². The van der Waals surface area contributed by atoms with Gasteiger partial charge in [-0.2, -0.15) is 5.26 Å². The molecule has 32 valence electrons. The molecule has 0 aromatic heterocycles.